The number of ether oxygens (including phenoxy) is 2. The summed E-state index contributed by atoms with van der Waals surface area (Å²) in [4.78, 5) is 13.5. The van der Waals surface area contributed by atoms with Crippen molar-refractivity contribution in [3.05, 3.63) is 98.6 Å². The third-order valence-corrected chi connectivity index (χ3v) is 6.70. The molecule has 37 heavy (non-hydrogen) atoms. The number of para-hydroxylation sites is 1. The molecule has 2 heterocycles. The summed E-state index contributed by atoms with van der Waals surface area (Å²) in [5.41, 5.74) is 3.47. The maximum absolute atomic E-state index is 13.5. The van der Waals surface area contributed by atoms with Crippen LogP contribution in [0.3, 0.4) is 0 Å². The van der Waals surface area contributed by atoms with Gasteiger partial charge in [-0.25, -0.2) is 0 Å². The first-order valence-corrected chi connectivity index (χ1v) is 12.5. The highest BCUT2D eigenvalue weighted by atomic mass is 79.9. The number of carbonyl (C=O) groups excluding carboxylic acids is 1. The van der Waals surface area contributed by atoms with E-state index >= 15 is 0 Å². The van der Waals surface area contributed by atoms with E-state index in [4.69, 9.17) is 21.1 Å². The van der Waals surface area contributed by atoms with Gasteiger partial charge in [-0.1, -0.05) is 47.0 Å². The second-order valence-corrected chi connectivity index (χ2v) is 9.57. The predicted molar refractivity (Wildman–Crippen MR) is 144 cm³/mol. The molecule has 1 aromatic heterocycles. The number of nitrogens with zero attached hydrogens (tertiary/aromatic N) is 4. The highest BCUT2D eigenvalue weighted by Gasteiger charge is 2.35. The first-order valence-electron chi connectivity index (χ1n) is 11.3. The predicted octanol–water partition coefficient (Wildman–Crippen LogP) is 5.60. The van der Waals surface area contributed by atoms with Crippen LogP contribution in [0.2, 0.25) is 5.02 Å². The van der Waals surface area contributed by atoms with Gasteiger partial charge in [0.25, 0.3) is 5.91 Å². The molecule has 2 N–H and O–H groups in total. The number of halogens is 2. The smallest absolute Gasteiger partial charge is 0.255 e. The molecule has 1 amide bonds. The van der Waals surface area contributed by atoms with Crippen LogP contribution in [-0.4, -0.2) is 33.2 Å². The Balaban J connectivity index is 1.51. The van der Waals surface area contributed by atoms with Crippen molar-refractivity contribution in [1.82, 2.24) is 20.2 Å². The van der Waals surface area contributed by atoms with Crippen LogP contribution in [0.15, 0.2) is 82.5 Å². The highest BCUT2D eigenvalue weighted by Crippen LogP contribution is 2.43. The van der Waals surface area contributed by atoms with E-state index in [-0.39, 0.29) is 5.91 Å². The molecule has 1 aliphatic heterocycles. The minimum atomic E-state index is -0.620. The van der Waals surface area contributed by atoms with Gasteiger partial charge in [0, 0.05) is 16.4 Å². The average Bonchev–Trinajstić information content (AvgIpc) is 3.36. The van der Waals surface area contributed by atoms with Crippen molar-refractivity contribution in [2.45, 2.75) is 19.6 Å². The number of tetrazole rings is 1. The molecule has 1 atom stereocenters. The lowest BCUT2D eigenvalue weighted by Crippen LogP contribution is -2.31. The number of anilines is 2. The summed E-state index contributed by atoms with van der Waals surface area (Å²) in [5.74, 6) is 1.17. The summed E-state index contributed by atoms with van der Waals surface area (Å²) < 4.78 is 14.0. The minimum absolute atomic E-state index is 0.277. The standard InChI is InChI=1S/C26H22BrClN6O3/c1-15-22(25(35)30-19-6-4-3-5-7-19)23(34-26(29-15)31-32-33-34)17-12-20(27)24(21(13-17)36-2)37-14-16-8-10-18(28)11-9-16/h3-13,23H,14H2,1-2H3,(H,30,35)(H,29,31,33). The van der Waals surface area contributed by atoms with E-state index in [9.17, 15) is 4.79 Å². The number of amides is 1. The van der Waals surface area contributed by atoms with Crippen molar-refractivity contribution in [2.75, 3.05) is 17.7 Å². The van der Waals surface area contributed by atoms with Crippen LogP contribution < -0.4 is 20.1 Å². The zero-order valence-electron chi connectivity index (χ0n) is 19.9. The fourth-order valence-corrected chi connectivity index (χ4v) is 4.81. The molecule has 0 fully saturated rings. The third-order valence-electron chi connectivity index (χ3n) is 5.85. The molecular formula is C26H22BrClN6O3. The molecule has 5 rings (SSSR count). The number of carbonyl (C=O) groups is 1. The van der Waals surface area contributed by atoms with Crippen molar-refractivity contribution in [2.24, 2.45) is 0 Å². The van der Waals surface area contributed by atoms with E-state index in [1.165, 1.54) is 0 Å². The largest absolute Gasteiger partial charge is 0.493 e. The monoisotopic (exact) mass is 580 g/mol. The quantitative estimate of drug-likeness (QED) is 0.293. The van der Waals surface area contributed by atoms with E-state index in [0.717, 1.165) is 11.1 Å². The second-order valence-electron chi connectivity index (χ2n) is 8.28. The van der Waals surface area contributed by atoms with E-state index in [1.807, 2.05) is 73.7 Å². The Hall–Kier alpha value is -3.89. The molecule has 1 unspecified atom stereocenters. The molecule has 0 spiro atoms. The van der Waals surface area contributed by atoms with E-state index in [1.54, 1.807) is 11.8 Å². The lowest BCUT2D eigenvalue weighted by molar-refractivity contribution is -0.113. The normalized spacial score (nSPS) is 14.5. The summed E-state index contributed by atoms with van der Waals surface area (Å²) in [6.07, 6.45) is 0. The molecule has 11 heteroatoms. The summed E-state index contributed by atoms with van der Waals surface area (Å²) in [7, 11) is 1.57. The zero-order chi connectivity index (χ0) is 25.9. The van der Waals surface area contributed by atoms with Gasteiger partial charge < -0.3 is 20.1 Å². The van der Waals surface area contributed by atoms with Gasteiger partial charge in [-0.15, -0.1) is 0 Å². The minimum Gasteiger partial charge on any atom is -0.493 e. The Kier molecular flexibility index (Phi) is 7.11. The number of hydrogen-bond acceptors (Lipinski definition) is 7. The highest BCUT2D eigenvalue weighted by molar-refractivity contribution is 9.10. The molecule has 1 aliphatic rings. The first kappa shape index (κ1) is 24.8. The molecule has 0 aliphatic carbocycles. The molecule has 4 aromatic rings. The Morgan fingerprint density at radius 2 is 1.92 bits per heavy atom. The van der Waals surface area contributed by atoms with Crippen molar-refractivity contribution in [3.8, 4) is 11.5 Å². The second kappa shape index (κ2) is 10.6. The van der Waals surface area contributed by atoms with Gasteiger partial charge in [0.15, 0.2) is 11.5 Å². The van der Waals surface area contributed by atoms with Gasteiger partial charge in [0.05, 0.1) is 17.2 Å². The van der Waals surface area contributed by atoms with Crippen LogP contribution in [0, 0.1) is 0 Å². The number of nitrogens with one attached hydrogen (secondary N) is 2. The first-order chi connectivity index (χ1) is 17.9. The lowest BCUT2D eigenvalue weighted by Gasteiger charge is -2.28. The number of aromatic nitrogens is 4. The fraction of sp³-hybridized carbons (Fsp3) is 0.154. The van der Waals surface area contributed by atoms with Crippen LogP contribution in [0.1, 0.15) is 24.1 Å². The Bertz CT molecular complexity index is 1470. The van der Waals surface area contributed by atoms with Crippen LogP contribution >= 0.6 is 27.5 Å². The van der Waals surface area contributed by atoms with Crippen LogP contribution in [0.5, 0.6) is 11.5 Å². The van der Waals surface area contributed by atoms with Crippen molar-refractivity contribution < 1.29 is 14.3 Å². The van der Waals surface area contributed by atoms with Gasteiger partial charge in [-0.3, -0.25) is 4.79 Å². The fourth-order valence-electron chi connectivity index (χ4n) is 4.11. The van der Waals surface area contributed by atoms with Gasteiger partial charge in [0.1, 0.15) is 12.6 Å². The zero-order valence-corrected chi connectivity index (χ0v) is 22.2. The van der Waals surface area contributed by atoms with E-state index < -0.39 is 6.04 Å². The Morgan fingerprint density at radius 1 is 1.16 bits per heavy atom. The Labute approximate surface area is 226 Å². The summed E-state index contributed by atoms with van der Waals surface area (Å²) in [6.45, 7) is 2.14. The molecule has 0 saturated carbocycles. The number of methoxy groups -OCH3 is 1. The molecular weight excluding hydrogens is 560 g/mol. The number of benzene rings is 3. The van der Waals surface area contributed by atoms with Crippen molar-refractivity contribution in [3.63, 3.8) is 0 Å². The topological polar surface area (TPSA) is 103 Å². The summed E-state index contributed by atoms with van der Waals surface area (Å²) in [5, 5.41) is 18.8. The van der Waals surface area contributed by atoms with E-state index in [2.05, 4.69) is 42.1 Å². The van der Waals surface area contributed by atoms with Crippen LogP contribution in [-0.2, 0) is 11.4 Å². The summed E-state index contributed by atoms with van der Waals surface area (Å²) in [6, 6.07) is 19.8. The molecule has 0 saturated heterocycles. The lowest BCUT2D eigenvalue weighted by atomic mass is 9.94. The van der Waals surface area contributed by atoms with Crippen LogP contribution in [0.4, 0.5) is 11.6 Å². The Morgan fingerprint density at radius 3 is 2.65 bits per heavy atom. The summed E-state index contributed by atoms with van der Waals surface area (Å²) >= 11 is 9.62. The molecule has 0 bridgehead atoms. The number of hydrogen-bond donors (Lipinski definition) is 2. The van der Waals surface area contributed by atoms with Gasteiger partial charge in [-0.05, 0) is 80.8 Å². The van der Waals surface area contributed by atoms with Gasteiger partial charge in [0.2, 0.25) is 5.95 Å². The van der Waals surface area contributed by atoms with Gasteiger partial charge >= 0.3 is 0 Å². The molecule has 0 radical (unpaired) electrons. The number of allylic oxidation sites excluding steroid dienone is 1. The molecule has 188 valence electrons. The average molecular weight is 582 g/mol. The van der Waals surface area contributed by atoms with Crippen molar-refractivity contribution >= 4 is 45.1 Å². The van der Waals surface area contributed by atoms with Crippen molar-refractivity contribution in [1.29, 1.82) is 0 Å². The maximum Gasteiger partial charge on any atom is 0.255 e. The molecule has 9 nitrogen and oxygen atoms in total. The van der Waals surface area contributed by atoms with Crippen LogP contribution in [0.25, 0.3) is 0 Å². The maximum atomic E-state index is 13.5. The molecule has 3 aromatic carbocycles. The number of fused-ring (bicyclic) bond motifs is 1. The van der Waals surface area contributed by atoms with E-state index in [0.29, 0.717) is 50.5 Å². The third kappa shape index (κ3) is 5.16. The SMILES string of the molecule is COc1cc(C2C(C(=O)Nc3ccccc3)=C(C)Nc3nnnn32)cc(Br)c1OCc1ccc(Cl)cc1. The number of rotatable bonds is 7. The van der Waals surface area contributed by atoms with Gasteiger partial charge in [-0.2, -0.15) is 4.68 Å².